The lowest BCUT2D eigenvalue weighted by Gasteiger charge is -2.07. The molecule has 0 radical (unpaired) electrons. The molecule has 0 unspecified atom stereocenters. The molecule has 0 atom stereocenters. The fraction of sp³-hybridized carbons (Fsp3) is 0.875. The number of aliphatic carboxylic acids is 1. The molecule has 0 saturated carbocycles. The highest BCUT2D eigenvalue weighted by Gasteiger charge is 2.03. The van der Waals surface area contributed by atoms with E-state index in [1.165, 1.54) is 0 Å². The average molecular weight is 239 g/mol. The predicted octanol–water partition coefficient (Wildman–Crippen LogP) is -1.29. The van der Waals surface area contributed by atoms with Crippen LogP contribution in [0, 0.1) is 16.0 Å². The second-order valence-corrected chi connectivity index (χ2v) is 2.98. The number of carbonyl (C=O) groups is 1. The van der Waals surface area contributed by atoms with Crippen molar-refractivity contribution < 1.29 is 30.1 Å². The number of nitrogens with zero attached hydrogens (tertiary/aromatic N) is 1. The van der Waals surface area contributed by atoms with Gasteiger partial charge >= 0.3 is 5.97 Å². The maximum Gasteiger partial charge on any atom is 0.376 e. The number of aliphatic hydroxyl groups excluding tert-OH is 3. The lowest BCUT2D eigenvalue weighted by Crippen LogP contribution is -2.11. The number of carboxylic acid groups (broad SMARTS) is 1. The van der Waals surface area contributed by atoms with Crippen LogP contribution in [-0.2, 0) is 4.79 Å². The molecule has 8 heteroatoms. The van der Waals surface area contributed by atoms with E-state index in [-0.39, 0.29) is 25.7 Å². The summed E-state index contributed by atoms with van der Waals surface area (Å²) in [5.74, 6) is -1.46. The molecular formula is C8H17NO7. The molecule has 0 spiro atoms. The van der Waals surface area contributed by atoms with Gasteiger partial charge in [0.05, 0.1) is 0 Å². The van der Waals surface area contributed by atoms with Gasteiger partial charge in [-0.05, 0) is 12.8 Å². The summed E-state index contributed by atoms with van der Waals surface area (Å²) in [6, 6.07) is 0. The summed E-state index contributed by atoms with van der Waals surface area (Å²) in [7, 11) is 0. The highest BCUT2D eigenvalue weighted by atomic mass is 16.6. The van der Waals surface area contributed by atoms with E-state index in [1.54, 1.807) is 0 Å². The van der Waals surface area contributed by atoms with Gasteiger partial charge in [-0.1, -0.05) is 0 Å². The van der Waals surface area contributed by atoms with Crippen molar-refractivity contribution in [1.29, 1.82) is 0 Å². The van der Waals surface area contributed by atoms with E-state index < -0.39 is 17.4 Å². The summed E-state index contributed by atoms with van der Waals surface area (Å²) in [6.07, 6.45) is 1.36. The minimum absolute atomic E-state index is 0.0104. The number of hydrogen-bond donors (Lipinski definition) is 4. The molecule has 8 nitrogen and oxygen atoms in total. The molecule has 0 heterocycles. The van der Waals surface area contributed by atoms with Crippen molar-refractivity contribution in [3.05, 3.63) is 10.1 Å². The van der Waals surface area contributed by atoms with E-state index in [1.807, 2.05) is 0 Å². The average Bonchev–Trinajstić information content (AvgIpc) is 2.18. The van der Waals surface area contributed by atoms with Gasteiger partial charge in [0.15, 0.2) is 0 Å². The maximum atomic E-state index is 9.37. The van der Waals surface area contributed by atoms with E-state index >= 15 is 0 Å². The summed E-state index contributed by atoms with van der Waals surface area (Å²) in [5.41, 5.74) is 0. The van der Waals surface area contributed by atoms with Crippen LogP contribution in [0.5, 0.6) is 0 Å². The van der Waals surface area contributed by atoms with Gasteiger partial charge in [0.2, 0.25) is 0 Å². The van der Waals surface area contributed by atoms with E-state index in [9.17, 15) is 14.9 Å². The molecule has 96 valence electrons. The van der Waals surface area contributed by atoms with E-state index in [2.05, 4.69) is 0 Å². The van der Waals surface area contributed by atoms with Crippen molar-refractivity contribution in [2.24, 2.45) is 5.92 Å². The molecule has 0 amide bonds. The second kappa shape index (κ2) is 11.8. The predicted molar refractivity (Wildman–Crippen MR) is 53.5 cm³/mol. The smallest absolute Gasteiger partial charge is 0.376 e. The molecule has 0 aliphatic heterocycles. The highest BCUT2D eigenvalue weighted by Crippen LogP contribution is 2.02. The number of carboxylic acids is 1. The molecule has 0 aromatic carbocycles. The van der Waals surface area contributed by atoms with Gasteiger partial charge in [0.1, 0.15) is 0 Å². The topological polar surface area (TPSA) is 141 Å². The lowest BCUT2D eigenvalue weighted by molar-refractivity contribution is -0.469. The molecule has 0 bridgehead atoms. The molecule has 0 aliphatic carbocycles. The van der Waals surface area contributed by atoms with Crippen LogP contribution in [-0.4, -0.2) is 57.7 Å². The fourth-order valence-corrected chi connectivity index (χ4v) is 0.731. The van der Waals surface area contributed by atoms with Gasteiger partial charge in [0.25, 0.3) is 6.54 Å². The Labute approximate surface area is 92.3 Å². The summed E-state index contributed by atoms with van der Waals surface area (Å²) in [6.45, 7) is -0.844. The second-order valence-electron chi connectivity index (χ2n) is 2.98. The SMILES string of the molecule is O=C(O)C[N+](=O)[O-].OCCCC(CO)CO. The quantitative estimate of drug-likeness (QED) is 0.320. The van der Waals surface area contributed by atoms with E-state index in [0.29, 0.717) is 12.8 Å². The first kappa shape index (κ1) is 17.2. The Morgan fingerprint density at radius 1 is 1.25 bits per heavy atom. The molecule has 0 aliphatic rings. The van der Waals surface area contributed by atoms with Gasteiger partial charge in [0, 0.05) is 30.7 Å². The Kier molecular flexibility index (Phi) is 12.7. The van der Waals surface area contributed by atoms with E-state index in [0.717, 1.165) is 0 Å². The molecule has 0 aromatic heterocycles. The van der Waals surface area contributed by atoms with Crippen molar-refractivity contribution in [3.8, 4) is 0 Å². The molecule has 0 fully saturated rings. The van der Waals surface area contributed by atoms with Crippen LogP contribution >= 0.6 is 0 Å². The largest absolute Gasteiger partial charge is 0.476 e. The Morgan fingerprint density at radius 3 is 1.94 bits per heavy atom. The first-order chi connectivity index (χ1) is 7.47. The molecule has 4 N–H and O–H groups in total. The lowest BCUT2D eigenvalue weighted by atomic mass is 10.1. The van der Waals surface area contributed by atoms with Crippen LogP contribution in [0.25, 0.3) is 0 Å². The molecule has 0 saturated heterocycles. The summed E-state index contributed by atoms with van der Waals surface area (Å²) in [5, 5.41) is 42.2. The Balaban J connectivity index is 0. The maximum absolute atomic E-state index is 9.37. The van der Waals surface area contributed by atoms with Gasteiger partial charge in [-0.2, -0.15) is 0 Å². The number of rotatable bonds is 7. The molecule has 0 rings (SSSR count). The van der Waals surface area contributed by atoms with Crippen molar-refractivity contribution in [3.63, 3.8) is 0 Å². The Morgan fingerprint density at radius 2 is 1.75 bits per heavy atom. The standard InChI is InChI=1S/C6H14O3.C2H3NO4/c7-3-1-2-6(4-8)5-9;4-2(5)1-3(6)7/h6-9H,1-5H2;1H2,(H,4,5). The van der Waals surface area contributed by atoms with Crippen molar-refractivity contribution >= 4 is 5.97 Å². The summed E-state index contributed by atoms with van der Waals surface area (Å²) >= 11 is 0. The third-order valence-corrected chi connectivity index (χ3v) is 1.55. The van der Waals surface area contributed by atoms with Crippen LogP contribution in [0.1, 0.15) is 12.8 Å². The van der Waals surface area contributed by atoms with Crippen molar-refractivity contribution in [2.45, 2.75) is 12.8 Å². The zero-order chi connectivity index (χ0) is 13.0. The summed E-state index contributed by atoms with van der Waals surface area (Å²) in [4.78, 5) is 17.7. The van der Waals surface area contributed by atoms with Crippen LogP contribution < -0.4 is 0 Å². The minimum Gasteiger partial charge on any atom is -0.476 e. The molecule has 16 heavy (non-hydrogen) atoms. The fourth-order valence-electron chi connectivity index (χ4n) is 0.731. The van der Waals surface area contributed by atoms with Gasteiger partial charge < -0.3 is 20.4 Å². The third kappa shape index (κ3) is 15.2. The third-order valence-electron chi connectivity index (χ3n) is 1.55. The zero-order valence-electron chi connectivity index (χ0n) is 8.78. The minimum atomic E-state index is -1.41. The van der Waals surface area contributed by atoms with Crippen molar-refractivity contribution in [2.75, 3.05) is 26.4 Å². The summed E-state index contributed by atoms with van der Waals surface area (Å²) < 4.78 is 0. The monoisotopic (exact) mass is 239 g/mol. The van der Waals surface area contributed by atoms with Crippen LogP contribution in [0.3, 0.4) is 0 Å². The number of nitro groups is 1. The molecular weight excluding hydrogens is 222 g/mol. The van der Waals surface area contributed by atoms with Gasteiger partial charge in [-0.3, -0.25) is 10.1 Å². The number of aliphatic hydroxyl groups is 3. The normalized spacial score (nSPS) is 9.50. The first-order valence-corrected chi connectivity index (χ1v) is 4.64. The number of hydrogen-bond acceptors (Lipinski definition) is 6. The Bertz CT molecular complexity index is 181. The van der Waals surface area contributed by atoms with Crippen LogP contribution in [0.2, 0.25) is 0 Å². The van der Waals surface area contributed by atoms with Gasteiger partial charge in [-0.25, -0.2) is 4.79 Å². The zero-order valence-corrected chi connectivity index (χ0v) is 8.78. The van der Waals surface area contributed by atoms with Gasteiger partial charge in [-0.15, -0.1) is 0 Å². The first-order valence-electron chi connectivity index (χ1n) is 4.64. The highest BCUT2D eigenvalue weighted by molar-refractivity contribution is 5.67. The Hall–Kier alpha value is -1.25. The van der Waals surface area contributed by atoms with E-state index in [4.69, 9.17) is 20.4 Å². The van der Waals surface area contributed by atoms with Crippen LogP contribution in [0.15, 0.2) is 0 Å². The molecule has 0 aromatic rings. The van der Waals surface area contributed by atoms with Crippen LogP contribution in [0.4, 0.5) is 0 Å². The van der Waals surface area contributed by atoms with Crippen molar-refractivity contribution in [1.82, 2.24) is 0 Å².